The van der Waals surface area contributed by atoms with Crippen LogP contribution >= 0.6 is 0 Å². The predicted molar refractivity (Wildman–Crippen MR) is 70.4 cm³/mol. The van der Waals surface area contributed by atoms with Crippen LogP contribution < -0.4 is 10.1 Å². The zero-order valence-electron chi connectivity index (χ0n) is 10.9. The Morgan fingerprint density at radius 2 is 2.29 bits per heavy atom. The van der Waals surface area contributed by atoms with Gasteiger partial charge in [0.1, 0.15) is 0 Å². The zero-order chi connectivity index (χ0) is 12.3. The van der Waals surface area contributed by atoms with Crippen LogP contribution in [0.15, 0.2) is 18.3 Å². The van der Waals surface area contributed by atoms with Crippen LogP contribution in [0.3, 0.4) is 0 Å². The van der Waals surface area contributed by atoms with Gasteiger partial charge >= 0.3 is 0 Å². The maximum Gasteiger partial charge on any atom is 0.214 e. The van der Waals surface area contributed by atoms with Crippen molar-refractivity contribution in [2.45, 2.75) is 39.2 Å². The van der Waals surface area contributed by atoms with Crippen molar-refractivity contribution in [3.63, 3.8) is 0 Å². The summed E-state index contributed by atoms with van der Waals surface area (Å²) in [4.78, 5) is 4.12. The van der Waals surface area contributed by atoms with Crippen molar-refractivity contribution in [3.8, 4) is 5.88 Å². The molecular formula is C14H22N2O. The van der Waals surface area contributed by atoms with Crippen LogP contribution in [0.1, 0.15) is 33.1 Å². The number of pyridine rings is 1. The van der Waals surface area contributed by atoms with Crippen molar-refractivity contribution in [3.05, 3.63) is 18.3 Å². The molecule has 3 atom stereocenters. The van der Waals surface area contributed by atoms with Gasteiger partial charge in [0.05, 0.1) is 7.11 Å². The number of nitrogens with one attached hydrogen (secondary N) is 1. The summed E-state index contributed by atoms with van der Waals surface area (Å²) in [6.07, 6.45) is 5.69. The molecule has 3 nitrogen and oxygen atoms in total. The first kappa shape index (κ1) is 12.2. The smallest absolute Gasteiger partial charge is 0.214 e. The Kier molecular flexibility index (Phi) is 3.87. The largest absolute Gasteiger partial charge is 0.481 e. The van der Waals surface area contributed by atoms with E-state index in [2.05, 4.69) is 24.1 Å². The molecule has 0 radical (unpaired) electrons. The summed E-state index contributed by atoms with van der Waals surface area (Å²) in [5, 5.41) is 3.61. The van der Waals surface area contributed by atoms with E-state index in [1.165, 1.54) is 19.3 Å². The maximum absolute atomic E-state index is 5.14. The van der Waals surface area contributed by atoms with Crippen LogP contribution in [-0.4, -0.2) is 18.1 Å². The van der Waals surface area contributed by atoms with E-state index in [9.17, 15) is 0 Å². The highest BCUT2D eigenvalue weighted by Crippen LogP contribution is 2.35. The molecule has 1 aromatic heterocycles. The summed E-state index contributed by atoms with van der Waals surface area (Å²) in [7, 11) is 1.65. The van der Waals surface area contributed by atoms with Gasteiger partial charge in [-0.1, -0.05) is 20.3 Å². The number of hydrogen-bond acceptors (Lipinski definition) is 3. The quantitative estimate of drug-likeness (QED) is 0.867. The molecular weight excluding hydrogens is 212 g/mol. The standard InChI is InChI=1S/C14H22N2O/c1-4-11-5-6-13(10(11)2)16-12-7-8-15-14(9-12)17-3/h7-11,13H,4-6H2,1-3H3,(H,15,16). The SMILES string of the molecule is CCC1CCC(Nc2ccnc(OC)c2)C1C. The Bertz CT molecular complexity index is 367. The van der Waals surface area contributed by atoms with Crippen LogP contribution in [0.25, 0.3) is 0 Å². The molecule has 0 amide bonds. The second-order valence-corrected chi connectivity index (χ2v) is 4.94. The Balaban J connectivity index is 2.01. The maximum atomic E-state index is 5.14. The van der Waals surface area contributed by atoms with Crippen LogP contribution in [0.4, 0.5) is 5.69 Å². The first-order chi connectivity index (χ1) is 8.24. The average molecular weight is 234 g/mol. The predicted octanol–water partition coefficient (Wildman–Crippen LogP) is 3.33. The fourth-order valence-electron chi connectivity index (χ4n) is 2.85. The summed E-state index contributed by atoms with van der Waals surface area (Å²) in [6.45, 7) is 4.65. The molecule has 0 aliphatic heterocycles. The minimum Gasteiger partial charge on any atom is -0.481 e. The number of methoxy groups -OCH3 is 1. The molecule has 0 aromatic carbocycles. The summed E-state index contributed by atoms with van der Waals surface area (Å²) < 4.78 is 5.14. The van der Waals surface area contributed by atoms with E-state index in [0.29, 0.717) is 11.9 Å². The lowest BCUT2D eigenvalue weighted by Gasteiger charge is -2.22. The molecule has 2 rings (SSSR count). The number of nitrogens with zero attached hydrogens (tertiary/aromatic N) is 1. The second-order valence-electron chi connectivity index (χ2n) is 4.94. The van der Waals surface area contributed by atoms with Gasteiger partial charge in [-0.05, 0) is 30.7 Å². The second kappa shape index (κ2) is 5.39. The molecule has 0 saturated heterocycles. The molecule has 3 unspecified atom stereocenters. The van der Waals surface area contributed by atoms with Gasteiger partial charge in [-0.25, -0.2) is 4.98 Å². The van der Waals surface area contributed by atoms with Crippen molar-refractivity contribution in [1.82, 2.24) is 4.98 Å². The number of ether oxygens (including phenoxy) is 1. The number of rotatable bonds is 4. The molecule has 0 bridgehead atoms. The fourth-order valence-corrected chi connectivity index (χ4v) is 2.85. The molecule has 1 aliphatic rings. The highest BCUT2D eigenvalue weighted by Gasteiger charge is 2.31. The highest BCUT2D eigenvalue weighted by atomic mass is 16.5. The average Bonchev–Trinajstić information content (AvgIpc) is 2.71. The van der Waals surface area contributed by atoms with Crippen molar-refractivity contribution < 1.29 is 4.74 Å². The highest BCUT2D eigenvalue weighted by molar-refractivity contribution is 5.46. The van der Waals surface area contributed by atoms with Crippen molar-refractivity contribution in [2.75, 3.05) is 12.4 Å². The lowest BCUT2D eigenvalue weighted by atomic mass is 9.93. The minimum absolute atomic E-state index is 0.590. The van der Waals surface area contributed by atoms with Crippen LogP contribution in [-0.2, 0) is 0 Å². The van der Waals surface area contributed by atoms with Gasteiger partial charge < -0.3 is 10.1 Å². The van der Waals surface area contributed by atoms with Gasteiger partial charge in [0.2, 0.25) is 5.88 Å². The van der Waals surface area contributed by atoms with Crippen molar-refractivity contribution >= 4 is 5.69 Å². The lowest BCUT2D eigenvalue weighted by molar-refractivity contribution is 0.390. The zero-order valence-corrected chi connectivity index (χ0v) is 10.9. The Morgan fingerprint density at radius 3 is 2.94 bits per heavy atom. The topological polar surface area (TPSA) is 34.2 Å². The van der Waals surface area contributed by atoms with E-state index >= 15 is 0 Å². The van der Waals surface area contributed by atoms with Gasteiger partial charge in [-0.3, -0.25) is 0 Å². The monoisotopic (exact) mass is 234 g/mol. The summed E-state index contributed by atoms with van der Waals surface area (Å²) in [5.41, 5.74) is 1.12. The van der Waals surface area contributed by atoms with Crippen LogP contribution in [0.2, 0.25) is 0 Å². The van der Waals surface area contributed by atoms with Crippen molar-refractivity contribution in [2.24, 2.45) is 11.8 Å². The summed E-state index contributed by atoms with van der Waals surface area (Å²) >= 11 is 0. The first-order valence-electron chi connectivity index (χ1n) is 6.51. The van der Waals surface area contributed by atoms with Gasteiger partial charge in [0.15, 0.2) is 0 Å². The van der Waals surface area contributed by atoms with Gasteiger partial charge in [0, 0.05) is 24.0 Å². The van der Waals surface area contributed by atoms with Gasteiger partial charge in [-0.2, -0.15) is 0 Å². The molecule has 1 aromatic rings. The molecule has 1 saturated carbocycles. The summed E-state index contributed by atoms with van der Waals surface area (Å²) in [5.74, 6) is 2.29. The normalized spacial score (nSPS) is 28.1. The Labute approximate surface area is 104 Å². The minimum atomic E-state index is 0.590. The third-order valence-electron chi connectivity index (χ3n) is 4.05. The molecule has 94 valence electrons. The lowest BCUT2D eigenvalue weighted by Crippen LogP contribution is -2.24. The third kappa shape index (κ3) is 2.71. The molecule has 1 heterocycles. The Morgan fingerprint density at radius 1 is 1.47 bits per heavy atom. The molecule has 1 aliphatic carbocycles. The van der Waals surface area contributed by atoms with Gasteiger partial charge in [0.25, 0.3) is 0 Å². The number of anilines is 1. The molecule has 17 heavy (non-hydrogen) atoms. The molecule has 1 fully saturated rings. The van der Waals surface area contributed by atoms with Gasteiger partial charge in [-0.15, -0.1) is 0 Å². The van der Waals surface area contributed by atoms with E-state index < -0.39 is 0 Å². The fraction of sp³-hybridized carbons (Fsp3) is 0.643. The van der Waals surface area contributed by atoms with E-state index in [-0.39, 0.29) is 0 Å². The molecule has 0 spiro atoms. The number of hydrogen-bond donors (Lipinski definition) is 1. The van der Waals surface area contributed by atoms with Crippen molar-refractivity contribution in [1.29, 1.82) is 0 Å². The van der Waals surface area contributed by atoms with E-state index in [1.54, 1.807) is 13.3 Å². The Hall–Kier alpha value is -1.25. The third-order valence-corrected chi connectivity index (χ3v) is 4.05. The van der Waals surface area contributed by atoms with E-state index in [0.717, 1.165) is 17.5 Å². The molecule has 1 N–H and O–H groups in total. The van der Waals surface area contributed by atoms with E-state index in [1.807, 2.05) is 12.1 Å². The van der Waals surface area contributed by atoms with Crippen LogP contribution in [0.5, 0.6) is 5.88 Å². The summed E-state index contributed by atoms with van der Waals surface area (Å²) in [6, 6.07) is 4.56. The molecule has 3 heteroatoms. The number of aromatic nitrogens is 1. The first-order valence-corrected chi connectivity index (χ1v) is 6.51. The van der Waals surface area contributed by atoms with E-state index in [4.69, 9.17) is 4.74 Å². The van der Waals surface area contributed by atoms with Crippen LogP contribution in [0, 0.1) is 11.8 Å².